The predicted octanol–water partition coefficient (Wildman–Crippen LogP) is 4.87. The molecule has 1 amide bonds. The maximum Gasteiger partial charge on any atom is 0.408 e. The summed E-state index contributed by atoms with van der Waals surface area (Å²) in [5.41, 5.74) is 8.62. The molecule has 0 heterocycles. The molecule has 0 radical (unpaired) electrons. The summed E-state index contributed by atoms with van der Waals surface area (Å²) in [6.45, 7) is 14.1. The number of ketones is 1. The lowest BCUT2D eigenvalue weighted by Crippen LogP contribution is -2.62. The third-order valence-corrected chi connectivity index (χ3v) is 11.7. The fourth-order valence-corrected chi connectivity index (χ4v) is 5.38. The number of carbonyl (C=O) groups excluding carboxylic acids is 2. The Labute approximate surface area is 210 Å². The van der Waals surface area contributed by atoms with E-state index in [1.54, 1.807) is 13.8 Å². The van der Waals surface area contributed by atoms with E-state index in [9.17, 15) is 20.2 Å². The number of hydrogen-bond acceptors (Lipinski definition) is 5. The van der Waals surface area contributed by atoms with Crippen molar-refractivity contribution in [2.45, 2.75) is 103 Å². The second-order valence-corrected chi connectivity index (χ2v) is 16.0. The van der Waals surface area contributed by atoms with Gasteiger partial charge in [0, 0.05) is 0 Å². The number of Topliss-reactive ketones (excluding diaryl/α,β-unsaturated/α-hetero) is 1. The van der Waals surface area contributed by atoms with Crippen LogP contribution in [0.25, 0.3) is 5.53 Å². The van der Waals surface area contributed by atoms with Crippen molar-refractivity contribution in [2.24, 2.45) is 5.92 Å². The first-order valence-electron chi connectivity index (χ1n) is 12.4. The van der Waals surface area contributed by atoms with Crippen LogP contribution >= 0.6 is 0 Å². The fraction of sp³-hybridized carbons (Fsp3) is 0.654. The molecule has 1 aliphatic carbocycles. The van der Waals surface area contributed by atoms with Crippen molar-refractivity contribution in [1.29, 1.82) is 0 Å². The average Bonchev–Trinajstić information content (AvgIpc) is 2.77. The highest BCUT2D eigenvalue weighted by molar-refractivity contribution is 6.74. The molecule has 194 valence electrons. The van der Waals surface area contributed by atoms with Crippen molar-refractivity contribution in [3.63, 3.8) is 0 Å². The van der Waals surface area contributed by atoms with Crippen LogP contribution in [0.15, 0.2) is 30.3 Å². The third-order valence-electron chi connectivity index (χ3n) is 7.23. The summed E-state index contributed by atoms with van der Waals surface area (Å²) in [5.74, 6) is -0.983. The zero-order chi connectivity index (χ0) is 26.4. The molecule has 9 heteroatoms. The monoisotopic (exact) mass is 503 g/mol. The molecule has 2 unspecified atom stereocenters. The summed E-state index contributed by atoms with van der Waals surface area (Å²) >= 11 is 0. The van der Waals surface area contributed by atoms with E-state index >= 15 is 0 Å². The van der Waals surface area contributed by atoms with E-state index in [-0.39, 0.29) is 29.7 Å². The van der Waals surface area contributed by atoms with Crippen LogP contribution in [0.5, 0.6) is 0 Å². The van der Waals surface area contributed by atoms with Crippen molar-refractivity contribution >= 4 is 25.9 Å². The molecule has 2 rings (SSSR count). The lowest BCUT2D eigenvalue weighted by Gasteiger charge is -2.45. The zero-order valence-corrected chi connectivity index (χ0v) is 23.1. The summed E-state index contributed by atoms with van der Waals surface area (Å²) in [7, 11) is -2.29. The molecule has 1 aliphatic rings. The molecule has 0 spiro atoms. The second-order valence-electron chi connectivity index (χ2n) is 11.3. The first-order chi connectivity index (χ1) is 16.2. The molecular weight excluding hydrogens is 462 g/mol. The smallest absolute Gasteiger partial charge is 0.408 e. The number of carbonyl (C=O) groups is 2. The largest absolute Gasteiger partial charge is 0.445 e. The maximum absolute atomic E-state index is 13.6. The Bertz CT molecular complexity index is 938. The molecule has 0 aliphatic heterocycles. The van der Waals surface area contributed by atoms with Crippen molar-refractivity contribution < 1.29 is 28.6 Å². The Balaban J connectivity index is 2.23. The standard InChI is InChI=1S/C26H41N3O5Si/c1-18(2)21(28-24(31)33-17-19-13-9-8-10-14-19)22(30)23(29-27)26(32)16-12-11-15-20(26)34-35(6,7)25(3,4)5/h8-10,13-14,18,20-21,32H,11-12,15-17H2,1-7H3,(H,28,31)/t20?,21-,26?/m0/s1. The highest BCUT2D eigenvalue weighted by Gasteiger charge is 2.56. The van der Waals surface area contributed by atoms with Gasteiger partial charge < -0.3 is 25.1 Å². The Morgan fingerprint density at radius 1 is 1.23 bits per heavy atom. The van der Waals surface area contributed by atoms with E-state index in [2.05, 4.69) is 44.0 Å². The van der Waals surface area contributed by atoms with Crippen LogP contribution in [0.4, 0.5) is 4.79 Å². The van der Waals surface area contributed by atoms with Gasteiger partial charge in [-0.25, -0.2) is 4.79 Å². The van der Waals surface area contributed by atoms with E-state index in [1.807, 2.05) is 30.3 Å². The molecule has 0 bridgehead atoms. The number of hydrogen-bond donors (Lipinski definition) is 2. The van der Waals surface area contributed by atoms with Crippen LogP contribution in [0.1, 0.15) is 65.9 Å². The molecule has 35 heavy (non-hydrogen) atoms. The summed E-state index contributed by atoms with van der Waals surface area (Å²) < 4.78 is 11.8. The number of ether oxygens (including phenoxy) is 1. The summed E-state index contributed by atoms with van der Waals surface area (Å²) in [4.78, 5) is 29.4. The minimum absolute atomic E-state index is 0.0546. The molecule has 1 aromatic carbocycles. The number of rotatable bonds is 9. The highest BCUT2D eigenvalue weighted by Crippen LogP contribution is 2.41. The Kier molecular flexibility index (Phi) is 9.59. The van der Waals surface area contributed by atoms with Gasteiger partial charge in [-0.1, -0.05) is 71.4 Å². The number of aliphatic hydroxyl groups is 1. The van der Waals surface area contributed by atoms with Crippen LogP contribution in [-0.2, 0) is 20.6 Å². The molecule has 0 aromatic heterocycles. The normalized spacial score (nSPS) is 21.7. The van der Waals surface area contributed by atoms with Crippen LogP contribution in [-0.4, -0.2) is 53.5 Å². The first-order valence-corrected chi connectivity index (χ1v) is 15.3. The Hall–Kier alpha value is -2.32. The molecule has 3 atom stereocenters. The van der Waals surface area contributed by atoms with Gasteiger partial charge in [-0.15, -0.1) is 0 Å². The van der Waals surface area contributed by atoms with E-state index in [4.69, 9.17) is 9.16 Å². The molecule has 1 aromatic rings. The first kappa shape index (κ1) is 28.9. The lowest BCUT2D eigenvalue weighted by atomic mass is 9.76. The van der Waals surface area contributed by atoms with Crippen LogP contribution in [0.2, 0.25) is 18.1 Å². The summed E-state index contributed by atoms with van der Waals surface area (Å²) in [6, 6.07) is 8.17. The number of nitrogens with zero attached hydrogens (tertiary/aromatic N) is 2. The van der Waals surface area contributed by atoms with Crippen molar-refractivity contribution in [3.05, 3.63) is 41.4 Å². The predicted molar refractivity (Wildman–Crippen MR) is 138 cm³/mol. The molecule has 8 nitrogen and oxygen atoms in total. The lowest BCUT2D eigenvalue weighted by molar-refractivity contribution is -0.129. The quantitative estimate of drug-likeness (QED) is 0.215. The van der Waals surface area contributed by atoms with Gasteiger partial charge in [0.2, 0.25) is 0 Å². The second kappa shape index (κ2) is 11.6. The molecular formula is C26H41N3O5Si. The average molecular weight is 504 g/mol. The van der Waals surface area contributed by atoms with Crippen LogP contribution in [0.3, 0.4) is 0 Å². The molecule has 2 N–H and O–H groups in total. The van der Waals surface area contributed by atoms with Gasteiger partial charge in [-0.3, -0.25) is 4.79 Å². The molecule has 0 saturated heterocycles. The van der Waals surface area contributed by atoms with E-state index in [1.165, 1.54) is 0 Å². The highest BCUT2D eigenvalue weighted by atomic mass is 28.4. The van der Waals surface area contributed by atoms with Gasteiger partial charge in [0.15, 0.2) is 13.9 Å². The Morgan fingerprint density at radius 3 is 2.40 bits per heavy atom. The van der Waals surface area contributed by atoms with Crippen molar-refractivity contribution in [2.75, 3.05) is 0 Å². The third kappa shape index (κ3) is 7.10. The van der Waals surface area contributed by atoms with E-state index < -0.39 is 37.9 Å². The minimum Gasteiger partial charge on any atom is -0.445 e. The Morgan fingerprint density at radius 2 is 1.86 bits per heavy atom. The summed E-state index contributed by atoms with van der Waals surface area (Å²) in [6.07, 6.45) is 0.854. The molecule has 1 fully saturated rings. The maximum atomic E-state index is 13.6. The van der Waals surface area contributed by atoms with E-state index in [0.717, 1.165) is 12.0 Å². The van der Waals surface area contributed by atoms with E-state index in [0.29, 0.717) is 12.8 Å². The van der Waals surface area contributed by atoms with Gasteiger partial charge in [0.25, 0.3) is 5.78 Å². The van der Waals surface area contributed by atoms with Gasteiger partial charge >= 0.3 is 11.8 Å². The summed E-state index contributed by atoms with van der Waals surface area (Å²) in [5, 5.41) is 14.2. The SMILES string of the molecule is CC(C)[C@H](NC(=O)OCc1ccccc1)C(=O)C(=[N+]=[N-])C1(O)CCCCC1O[Si](C)(C)C(C)(C)C. The zero-order valence-electron chi connectivity index (χ0n) is 22.1. The topological polar surface area (TPSA) is 121 Å². The number of benzene rings is 1. The van der Waals surface area contributed by atoms with Crippen molar-refractivity contribution in [1.82, 2.24) is 5.32 Å². The van der Waals surface area contributed by atoms with Gasteiger partial charge in [0.05, 0.1) is 6.10 Å². The number of amides is 1. The van der Waals surface area contributed by atoms with Crippen LogP contribution in [0, 0.1) is 5.92 Å². The van der Waals surface area contributed by atoms with Gasteiger partial charge in [0.1, 0.15) is 12.6 Å². The van der Waals surface area contributed by atoms with Crippen molar-refractivity contribution in [3.8, 4) is 0 Å². The number of alkyl carbamates (subject to hydrolysis) is 1. The van der Waals surface area contributed by atoms with Gasteiger partial charge in [-0.05, 0) is 48.9 Å². The fourth-order valence-electron chi connectivity index (χ4n) is 4.01. The number of nitrogens with one attached hydrogen (secondary N) is 1. The van der Waals surface area contributed by atoms with Crippen LogP contribution < -0.4 is 5.32 Å². The minimum atomic E-state index is -2.29. The molecule has 1 saturated carbocycles. The van der Waals surface area contributed by atoms with Gasteiger partial charge in [-0.2, -0.15) is 4.79 Å².